The van der Waals surface area contributed by atoms with Crippen molar-refractivity contribution in [3.63, 3.8) is 0 Å². The first kappa shape index (κ1) is 14.4. The highest BCUT2D eigenvalue weighted by molar-refractivity contribution is 9.09. The van der Waals surface area contributed by atoms with Crippen LogP contribution in [0.2, 0.25) is 0 Å². The van der Waals surface area contributed by atoms with Crippen molar-refractivity contribution in [3.8, 4) is 0 Å². The van der Waals surface area contributed by atoms with E-state index in [9.17, 15) is 13.6 Å². The highest BCUT2D eigenvalue weighted by Gasteiger charge is 2.27. The summed E-state index contributed by atoms with van der Waals surface area (Å²) in [6.45, 7) is 0.690. The number of nitrogens with zero attached hydrogens (tertiary/aromatic N) is 1. The van der Waals surface area contributed by atoms with E-state index in [0.717, 1.165) is 43.1 Å². The number of piperidine rings is 1. The first-order chi connectivity index (χ1) is 9.13. The zero-order chi connectivity index (χ0) is 13.8. The third kappa shape index (κ3) is 3.32. The molecule has 104 valence electrons. The highest BCUT2D eigenvalue weighted by atomic mass is 79.9. The minimum absolute atomic E-state index is 0.189. The zero-order valence-corrected chi connectivity index (χ0v) is 12.1. The van der Waals surface area contributed by atoms with Gasteiger partial charge in [-0.1, -0.05) is 15.9 Å². The molecule has 1 unspecified atom stereocenters. The summed E-state index contributed by atoms with van der Waals surface area (Å²) >= 11 is 3.39. The number of carbonyl (C=O) groups excluding carboxylic acids is 1. The lowest BCUT2D eigenvalue weighted by atomic mass is 9.99. The van der Waals surface area contributed by atoms with E-state index in [-0.39, 0.29) is 17.5 Å². The van der Waals surface area contributed by atoms with E-state index in [2.05, 4.69) is 15.9 Å². The SMILES string of the molecule is O=C(c1ccc(F)c(F)c1)N1CCCCC1CCBr. The molecule has 1 aromatic carbocycles. The summed E-state index contributed by atoms with van der Waals surface area (Å²) in [6, 6.07) is 3.53. The van der Waals surface area contributed by atoms with Crippen molar-refractivity contribution in [1.82, 2.24) is 4.90 Å². The third-order valence-corrected chi connectivity index (χ3v) is 3.95. The van der Waals surface area contributed by atoms with Gasteiger partial charge in [-0.25, -0.2) is 8.78 Å². The molecular weight excluding hydrogens is 316 g/mol. The first-order valence-electron chi connectivity index (χ1n) is 6.45. The predicted molar refractivity (Wildman–Crippen MR) is 73.4 cm³/mol. The zero-order valence-electron chi connectivity index (χ0n) is 10.5. The van der Waals surface area contributed by atoms with Crippen molar-refractivity contribution in [2.24, 2.45) is 0 Å². The van der Waals surface area contributed by atoms with Gasteiger partial charge in [0.2, 0.25) is 0 Å². The van der Waals surface area contributed by atoms with Gasteiger partial charge in [0.25, 0.3) is 5.91 Å². The van der Waals surface area contributed by atoms with E-state index in [0.29, 0.717) is 6.54 Å². The minimum atomic E-state index is -0.972. The van der Waals surface area contributed by atoms with Crippen LogP contribution in [-0.2, 0) is 0 Å². The van der Waals surface area contributed by atoms with E-state index < -0.39 is 11.6 Å². The fourth-order valence-electron chi connectivity index (χ4n) is 2.49. The van der Waals surface area contributed by atoms with E-state index in [1.165, 1.54) is 6.07 Å². The molecule has 0 aromatic heterocycles. The molecule has 1 amide bonds. The summed E-state index contributed by atoms with van der Waals surface area (Å²) in [5.41, 5.74) is 0.223. The lowest BCUT2D eigenvalue weighted by molar-refractivity contribution is 0.0609. The van der Waals surface area contributed by atoms with Crippen molar-refractivity contribution < 1.29 is 13.6 Å². The monoisotopic (exact) mass is 331 g/mol. The van der Waals surface area contributed by atoms with Crippen LogP contribution in [-0.4, -0.2) is 28.7 Å². The Morgan fingerprint density at radius 2 is 2.11 bits per heavy atom. The maximum Gasteiger partial charge on any atom is 0.254 e. The Labute approximate surface area is 119 Å². The second kappa shape index (κ2) is 6.46. The normalized spacial score (nSPS) is 19.5. The number of rotatable bonds is 3. The number of alkyl halides is 1. The molecule has 0 aliphatic carbocycles. The molecule has 1 aliphatic heterocycles. The van der Waals surface area contributed by atoms with Crippen LogP contribution in [0.25, 0.3) is 0 Å². The van der Waals surface area contributed by atoms with Crippen LogP contribution in [0.1, 0.15) is 36.0 Å². The quantitative estimate of drug-likeness (QED) is 0.772. The predicted octanol–water partition coefficient (Wildman–Crippen LogP) is 3.74. The second-order valence-corrected chi connectivity index (χ2v) is 5.55. The van der Waals surface area contributed by atoms with Crippen LogP contribution in [0, 0.1) is 11.6 Å². The number of hydrogen-bond donors (Lipinski definition) is 0. The van der Waals surface area contributed by atoms with E-state index >= 15 is 0 Å². The summed E-state index contributed by atoms with van der Waals surface area (Å²) < 4.78 is 26.1. The molecule has 1 heterocycles. The van der Waals surface area contributed by atoms with Gasteiger partial charge >= 0.3 is 0 Å². The van der Waals surface area contributed by atoms with Crippen molar-refractivity contribution in [2.45, 2.75) is 31.7 Å². The lowest BCUT2D eigenvalue weighted by Crippen LogP contribution is -2.44. The topological polar surface area (TPSA) is 20.3 Å². The maximum atomic E-state index is 13.2. The van der Waals surface area contributed by atoms with Crippen molar-refractivity contribution in [1.29, 1.82) is 0 Å². The van der Waals surface area contributed by atoms with E-state index in [4.69, 9.17) is 0 Å². The molecule has 2 nitrogen and oxygen atoms in total. The molecule has 5 heteroatoms. The molecule has 1 aromatic rings. The molecule has 1 fully saturated rings. The Kier molecular flexibility index (Phi) is 4.91. The highest BCUT2D eigenvalue weighted by Crippen LogP contribution is 2.23. The fourth-order valence-corrected chi connectivity index (χ4v) is 3.02. The number of amides is 1. The Morgan fingerprint density at radius 1 is 1.32 bits per heavy atom. The number of hydrogen-bond acceptors (Lipinski definition) is 1. The van der Waals surface area contributed by atoms with Gasteiger partial charge < -0.3 is 4.90 Å². The van der Waals surface area contributed by atoms with Crippen LogP contribution in [0.4, 0.5) is 8.78 Å². The van der Waals surface area contributed by atoms with Gasteiger partial charge in [-0.05, 0) is 43.9 Å². The van der Waals surface area contributed by atoms with Gasteiger partial charge in [0.15, 0.2) is 11.6 Å². The maximum absolute atomic E-state index is 13.2. The molecule has 0 saturated carbocycles. The second-order valence-electron chi connectivity index (χ2n) is 4.75. The van der Waals surface area contributed by atoms with E-state index in [1.807, 2.05) is 0 Å². The molecule has 0 N–H and O–H groups in total. The van der Waals surface area contributed by atoms with E-state index in [1.54, 1.807) is 4.90 Å². The number of carbonyl (C=O) groups is 1. The van der Waals surface area contributed by atoms with Gasteiger partial charge in [0.1, 0.15) is 0 Å². The summed E-state index contributed by atoms with van der Waals surface area (Å²) in [5.74, 6) is -2.10. The first-order valence-corrected chi connectivity index (χ1v) is 7.57. The van der Waals surface area contributed by atoms with Crippen LogP contribution in [0.3, 0.4) is 0 Å². The molecule has 1 atom stereocenters. The molecule has 0 radical (unpaired) electrons. The molecule has 0 bridgehead atoms. The molecule has 0 spiro atoms. The summed E-state index contributed by atoms with van der Waals surface area (Å²) in [6.07, 6.45) is 3.93. The van der Waals surface area contributed by atoms with Crippen LogP contribution in [0.5, 0.6) is 0 Å². The standard InChI is InChI=1S/C14H16BrF2NO/c15-7-6-11-3-1-2-8-18(11)14(19)10-4-5-12(16)13(17)9-10/h4-5,9,11H,1-3,6-8H2. The van der Waals surface area contributed by atoms with Crippen LogP contribution < -0.4 is 0 Å². The van der Waals surface area contributed by atoms with Gasteiger partial charge in [-0.15, -0.1) is 0 Å². The molecule has 1 aliphatic rings. The van der Waals surface area contributed by atoms with Gasteiger partial charge in [0.05, 0.1) is 0 Å². The van der Waals surface area contributed by atoms with Crippen molar-refractivity contribution >= 4 is 21.8 Å². The molecule has 19 heavy (non-hydrogen) atoms. The Bertz CT molecular complexity index is 465. The number of halogens is 3. The number of benzene rings is 1. The van der Waals surface area contributed by atoms with Gasteiger partial charge in [-0.2, -0.15) is 0 Å². The largest absolute Gasteiger partial charge is 0.336 e. The van der Waals surface area contributed by atoms with Crippen LogP contribution >= 0.6 is 15.9 Å². The summed E-state index contributed by atoms with van der Waals surface area (Å²) in [7, 11) is 0. The van der Waals surface area contributed by atoms with Crippen molar-refractivity contribution in [2.75, 3.05) is 11.9 Å². The summed E-state index contributed by atoms with van der Waals surface area (Å²) in [5, 5.41) is 0.833. The summed E-state index contributed by atoms with van der Waals surface area (Å²) in [4.78, 5) is 14.2. The lowest BCUT2D eigenvalue weighted by Gasteiger charge is -2.35. The molecule has 2 rings (SSSR count). The fraction of sp³-hybridized carbons (Fsp3) is 0.500. The Hall–Kier alpha value is -0.970. The molecular formula is C14H16BrF2NO. The smallest absolute Gasteiger partial charge is 0.254 e. The van der Waals surface area contributed by atoms with Crippen molar-refractivity contribution in [3.05, 3.63) is 35.4 Å². The third-order valence-electron chi connectivity index (χ3n) is 3.50. The van der Waals surface area contributed by atoms with Gasteiger partial charge in [0, 0.05) is 23.5 Å². The Balaban J connectivity index is 2.18. The average molecular weight is 332 g/mol. The molecule has 1 saturated heterocycles. The van der Waals surface area contributed by atoms with Crippen LogP contribution in [0.15, 0.2) is 18.2 Å². The minimum Gasteiger partial charge on any atom is -0.336 e. The Morgan fingerprint density at radius 3 is 2.79 bits per heavy atom. The number of likely N-dealkylation sites (tertiary alicyclic amines) is 1. The van der Waals surface area contributed by atoms with Gasteiger partial charge in [-0.3, -0.25) is 4.79 Å². The average Bonchev–Trinajstić information content (AvgIpc) is 2.42.